The molecule has 0 aliphatic heterocycles. The fourth-order valence-electron chi connectivity index (χ4n) is 2.68. The van der Waals surface area contributed by atoms with Gasteiger partial charge in [0.05, 0.1) is 21.3 Å². The quantitative estimate of drug-likeness (QED) is 0.688. The van der Waals surface area contributed by atoms with Crippen LogP contribution in [-0.4, -0.2) is 33.8 Å². The molecule has 6 heteroatoms. The Balaban J connectivity index is 1.91. The minimum absolute atomic E-state index is 0.0489. The highest BCUT2D eigenvalue weighted by Crippen LogP contribution is 2.39. The van der Waals surface area contributed by atoms with Crippen LogP contribution in [0.25, 0.3) is 0 Å². The molecule has 0 saturated carbocycles. The summed E-state index contributed by atoms with van der Waals surface area (Å²) in [7, 11) is 4.70. The lowest BCUT2D eigenvalue weighted by molar-refractivity contribution is -0.115. The maximum atomic E-state index is 12.1. The molecule has 0 spiro atoms. The highest BCUT2D eigenvalue weighted by Gasteiger charge is 2.13. The van der Waals surface area contributed by atoms with Gasteiger partial charge < -0.3 is 24.8 Å². The van der Waals surface area contributed by atoms with E-state index < -0.39 is 0 Å². The second-order valence-electron chi connectivity index (χ2n) is 6.42. The standard InChI is InChI=1S/C21H28N2O4/c1-14(2)15-6-8-16(9-7-15)23-20(24)10-11-22-17-12-18(25-3)21(27-5)19(13-17)26-4/h6-9,12-14,22H,10-11H2,1-5H3,(H,23,24). The summed E-state index contributed by atoms with van der Waals surface area (Å²) < 4.78 is 16.0. The van der Waals surface area contributed by atoms with E-state index in [1.54, 1.807) is 21.3 Å². The largest absolute Gasteiger partial charge is 0.493 e. The third kappa shape index (κ3) is 5.54. The fraction of sp³-hybridized carbons (Fsp3) is 0.381. The molecule has 0 fully saturated rings. The van der Waals surface area contributed by atoms with Gasteiger partial charge in [0.15, 0.2) is 11.5 Å². The van der Waals surface area contributed by atoms with Gasteiger partial charge in [0.25, 0.3) is 0 Å². The van der Waals surface area contributed by atoms with E-state index in [1.807, 2.05) is 36.4 Å². The Morgan fingerprint density at radius 2 is 1.52 bits per heavy atom. The Kier molecular flexibility index (Phi) is 7.34. The number of methoxy groups -OCH3 is 3. The molecule has 0 atom stereocenters. The molecule has 6 nitrogen and oxygen atoms in total. The van der Waals surface area contributed by atoms with E-state index in [2.05, 4.69) is 24.5 Å². The molecule has 0 radical (unpaired) electrons. The molecule has 27 heavy (non-hydrogen) atoms. The van der Waals surface area contributed by atoms with Crippen LogP contribution in [0.5, 0.6) is 17.2 Å². The fourth-order valence-corrected chi connectivity index (χ4v) is 2.68. The van der Waals surface area contributed by atoms with Crippen LogP contribution >= 0.6 is 0 Å². The summed E-state index contributed by atoms with van der Waals surface area (Å²) >= 11 is 0. The van der Waals surface area contributed by atoms with E-state index in [4.69, 9.17) is 14.2 Å². The van der Waals surface area contributed by atoms with Crippen molar-refractivity contribution in [1.82, 2.24) is 0 Å². The predicted octanol–water partition coefficient (Wildman–Crippen LogP) is 4.28. The van der Waals surface area contributed by atoms with E-state index >= 15 is 0 Å². The molecular weight excluding hydrogens is 344 g/mol. The summed E-state index contributed by atoms with van der Waals surface area (Å²) in [6.07, 6.45) is 0.336. The third-order valence-corrected chi connectivity index (χ3v) is 4.21. The molecule has 146 valence electrons. The zero-order valence-electron chi connectivity index (χ0n) is 16.6. The van der Waals surface area contributed by atoms with Crippen molar-refractivity contribution in [2.24, 2.45) is 0 Å². The van der Waals surface area contributed by atoms with Crippen molar-refractivity contribution in [3.8, 4) is 17.2 Å². The first-order chi connectivity index (χ1) is 13.0. The van der Waals surface area contributed by atoms with Gasteiger partial charge in [-0.25, -0.2) is 0 Å². The molecule has 0 aromatic heterocycles. The molecule has 0 heterocycles. The van der Waals surface area contributed by atoms with Gasteiger partial charge in [-0.15, -0.1) is 0 Å². The molecule has 0 aliphatic rings. The Morgan fingerprint density at radius 1 is 0.926 bits per heavy atom. The van der Waals surface area contributed by atoms with Crippen LogP contribution < -0.4 is 24.8 Å². The molecule has 0 bridgehead atoms. The molecule has 2 aromatic rings. The van der Waals surface area contributed by atoms with Gasteiger partial charge in [0, 0.05) is 36.5 Å². The van der Waals surface area contributed by atoms with Gasteiger partial charge in [0.1, 0.15) is 0 Å². The molecule has 0 saturated heterocycles. The minimum Gasteiger partial charge on any atom is -0.493 e. The molecule has 2 rings (SSSR count). The Labute approximate surface area is 160 Å². The van der Waals surface area contributed by atoms with Gasteiger partial charge in [-0.1, -0.05) is 26.0 Å². The lowest BCUT2D eigenvalue weighted by atomic mass is 10.0. The normalized spacial score (nSPS) is 10.4. The van der Waals surface area contributed by atoms with Crippen LogP contribution in [0.2, 0.25) is 0 Å². The summed E-state index contributed by atoms with van der Waals surface area (Å²) in [5.74, 6) is 2.08. The van der Waals surface area contributed by atoms with Crippen molar-refractivity contribution >= 4 is 17.3 Å². The molecular formula is C21H28N2O4. The van der Waals surface area contributed by atoms with Crippen molar-refractivity contribution < 1.29 is 19.0 Å². The number of benzene rings is 2. The SMILES string of the molecule is COc1cc(NCCC(=O)Nc2ccc(C(C)C)cc2)cc(OC)c1OC. The van der Waals surface area contributed by atoms with Crippen molar-refractivity contribution in [1.29, 1.82) is 0 Å². The van der Waals surface area contributed by atoms with Gasteiger partial charge in [-0.05, 0) is 23.6 Å². The summed E-state index contributed by atoms with van der Waals surface area (Å²) in [5, 5.41) is 6.12. The van der Waals surface area contributed by atoms with Crippen molar-refractivity contribution in [3.05, 3.63) is 42.0 Å². The lowest BCUT2D eigenvalue weighted by Crippen LogP contribution is -2.16. The van der Waals surface area contributed by atoms with E-state index in [0.29, 0.717) is 36.1 Å². The molecule has 0 unspecified atom stereocenters. The summed E-state index contributed by atoms with van der Waals surface area (Å²) in [5.41, 5.74) is 2.84. The molecule has 2 aromatic carbocycles. The number of anilines is 2. The monoisotopic (exact) mass is 372 g/mol. The number of ether oxygens (including phenoxy) is 3. The van der Waals surface area contributed by atoms with Crippen LogP contribution in [-0.2, 0) is 4.79 Å². The number of nitrogens with one attached hydrogen (secondary N) is 2. The average molecular weight is 372 g/mol. The number of amides is 1. The average Bonchev–Trinajstić information content (AvgIpc) is 2.67. The van der Waals surface area contributed by atoms with Crippen LogP contribution in [0, 0.1) is 0 Å². The van der Waals surface area contributed by atoms with E-state index in [9.17, 15) is 4.79 Å². The first-order valence-electron chi connectivity index (χ1n) is 8.92. The van der Waals surface area contributed by atoms with Crippen LogP contribution in [0.4, 0.5) is 11.4 Å². The van der Waals surface area contributed by atoms with Gasteiger partial charge in [-0.2, -0.15) is 0 Å². The second-order valence-corrected chi connectivity index (χ2v) is 6.42. The van der Waals surface area contributed by atoms with Gasteiger partial charge >= 0.3 is 0 Å². The maximum Gasteiger partial charge on any atom is 0.226 e. The number of rotatable bonds is 9. The zero-order chi connectivity index (χ0) is 19.8. The third-order valence-electron chi connectivity index (χ3n) is 4.21. The van der Waals surface area contributed by atoms with Crippen LogP contribution in [0.15, 0.2) is 36.4 Å². The first kappa shape index (κ1) is 20.4. The number of carbonyl (C=O) groups excluding carboxylic acids is 1. The molecule has 2 N–H and O–H groups in total. The van der Waals surface area contributed by atoms with Crippen molar-refractivity contribution in [2.75, 3.05) is 38.5 Å². The minimum atomic E-state index is -0.0489. The molecule has 1 amide bonds. The van der Waals surface area contributed by atoms with E-state index in [0.717, 1.165) is 11.4 Å². The Morgan fingerprint density at radius 3 is 2.00 bits per heavy atom. The van der Waals surface area contributed by atoms with Crippen molar-refractivity contribution in [3.63, 3.8) is 0 Å². The zero-order valence-corrected chi connectivity index (χ0v) is 16.6. The first-order valence-corrected chi connectivity index (χ1v) is 8.92. The molecule has 0 aliphatic carbocycles. The second kappa shape index (κ2) is 9.71. The van der Waals surface area contributed by atoms with Crippen LogP contribution in [0.3, 0.4) is 0 Å². The van der Waals surface area contributed by atoms with Crippen molar-refractivity contribution in [2.45, 2.75) is 26.2 Å². The number of hydrogen-bond donors (Lipinski definition) is 2. The highest BCUT2D eigenvalue weighted by atomic mass is 16.5. The lowest BCUT2D eigenvalue weighted by Gasteiger charge is -2.15. The topological polar surface area (TPSA) is 68.8 Å². The Bertz CT molecular complexity index is 732. The van der Waals surface area contributed by atoms with E-state index in [1.165, 1.54) is 5.56 Å². The highest BCUT2D eigenvalue weighted by molar-refractivity contribution is 5.91. The van der Waals surface area contributed by atoms with Gasteiger partial charge in [-0.3, -0.25) is 4.79 Å². The number of carbonyl (C=O) groups is 1. The summed E-state index contributed by atoms with van der Waals surface area (Å²) in [4.78, 5) is 12.1. The Hall–Kier alpha value is -2.89. The van der Waals surface area contributed by atoms with E-state index in [-0.39, 0.29) is 5.91 Å². The predicted molar refractivity (Wildman–Crippen MR) is 108 cm³/mol. The van der Waals surface area contributed by atoms with Crippen LogP contribution in [0.1, 0.15) is 31.7 Å². The smallest absolute Gasteiger partial charge is 0.226 e. The number of hydrogen-bond acceptors (Lipinski definition) is 5. The maximum absolute atomic E-state index is 12.1. The van der Waals surface area contributed by atoms with Gasteiger partial charge in [0.2, 0.25) is 11.7 Å². The summed E-state index contributed by atoms with van der Waals surface area (Å²) in [6.45, 7) is 4.76. The summed E-state index contributed by atoms with van der Waals surface area (Å²) in [6, 6.07) is 11.6.